The largest absolute Gasteiger partial charge is 0.306 e. The summed E-state index contributed by atoms with van der Waals surface area (Å²) in [5, 5.41) is 4.53. The number of hydrogen-bond acceptors (Lipinski definition) is 4. The van der Waals surface area contributed by atoms with Crippen LogP contribution in [0.3, 0.4) is 0 Å². The Labute approximate surface area is 126 Å². The molecule has 3 heterocycles. The summed E-state index contributed by atoms with van der Waals surface area (Å²) in [4.78, 5) is 10.2. The minimum absolute atomic E-state index is 0.398. The van der Waals surface area contributed by atoms with Crippen LogP contribution in [-0.2, 0) is 25.9 Å². The molecule has 3 aromatic heterocycles. The zero-order valence-corrected chi connectivity index (χ0v) is 13.3. The lowest BCUT2D eigenvalue weighted by Crippen LogP contribution is -2.07. The number of rotatable bonds is 4. The smallest absolute Gasteiger partial charge is 0.159 e. The van der Waals surface area contributed by atoms with E-state index in [0.29, 0.717) is 5.88 Å². The minimum atomic E-state index is 0.398. The Morgan fingerprint density at radius 3 is 2.80 bits per heavy atom. The Bertz CT molecular complexity index is 754. The average molecular weight is 310 g/mol. The molecule has 106 valence electrons. The topological polar surface area (TPSA) is 48.5 Å². The van der Waals surface area contributed by atoms with Crippen LogP contribution in [0.25, 0.3) is 11.2 Å². The molecule has 0 N–H and O–H groups in total. The molecule has 0 saturated heterocycles. The highest BCUT2D eigenvalue weighted by Gasteiger charge is 2.19. The number of thiazole rings is 1. The Hall–Kier alpha value is -1.40. The van der Waals surface area contributed by atoms with Crippen LogP contribution in [0.15, 0.2) is 5.51 Å². The van der Waals surface area contributed by atoms with Gasteiger partial charge in [-0.1, -0.05) is 6.92 Å². The summed E-state index contributed by atoms with van der Waals surface area (Å²) in [6.07, 6.45) is 0.871. The van der Waals surface area contributed by atoms with Crippen molar-refractivity contribution in [3.8, 4) is 0 Å². The van der Waals surface area contributed by atoms with E-state index in [1.165, 1.54) is 4.88 Å². The lowest BCUT2D eigenvalue weighted by Gasteiger charge is -2.07. The maximum Gasteiger partial charge on any atom is 0.159 e. The van der Waals surface area contributed by atoms with Gasteiger partial charge < -0.3 is 4.57 Å². The van der Waals surface area contributed by atoms with E-state index in [-0.39, 0.29) is 0 Å². The third kappa shape index (κ3) is 2.03. The van der Waals surface area contributed by atoms with Crippen LogP contribution in [0, 0.1) is 6.92 Å². The molecule has 0 saturated carbocycles. The van der Waals surface area contributed by atoms with E-state index < -0.39 is 0 Å². The summed E-state index contributed by atoms with van der Waals surface area (Å²) in [6.45, 7) is 4.87. The second-order valence-electron chi connectivity index (χ2n) is 4.70. The number of fused-ring (bicyclic) bond motifs is 1. The Morgan fingerprint density at radius 2 is 2.20 bits per heavy atom. The van der Waals surface area contributed by atoms with Gasteiger partial charge in [0.2, 0.25) is 0 Å². The first kappa shape index (κ1) is 13.6. The number of halogens is 1. The molecule has 0 aliphatic rings. The van der Waals surface area contributed by atoms with Gasteiger partial charge in [0.15, 0.2) is 5.65 Å². The number of nitrogens with zero attached hydrogens (tertiary/aromatic N) is 5. The molecule has 0 fully saturated rings. The maximum atomic E-state index is 6.06. The third-order valence-corrected chi connectivity index (χ3v) is 4.63. The Morgan fingerprint density at radius 1 is 1.40 bits per heavy atom. The van der Waals surface area contributed by atoms with E-state index in [2.05, 4.69) is 26.6 Å². The molecule has 0 spiro atoms. The normalized spacial score (nSPS) is 11.6. The van der Waals surface area contributed by atoms with Gasteiger partial charge in [0, 0.05) is 11.9 Å². The zero-order valence-electron chi connectivity index (χ0n) is 11.7. The molecule has 0 amide bonds. The van der Waals surface area contributed by atoms with E-state index in [0.717, 1.165) is 41.3 Å². The monoisotopic (exact) mass is 309 g/mol. The van der Waals surface area contributed by atoms with Crippen molar-refractivity contribution in [2.24, 2.45) is 7.05 Å². The van der Waals surface area contributed by atoms with Crippen LogP contribution in [-0.4, -0.2) is 24.3 Å². The van der Waals surface area contributed by atoms with E-state index in [9.17, 15) is 0 Å². The minimum Gasteiger partial charge on any atom is -0.306 e. The van der Waals surface area contributed by atoms with Crippen LogP contribution >= 0.6 is 22.9 Å². The van der Waals surface area contributed by atoms with Crippen molar-refractivity contribution < 1.29 is 0 Å². The molecule has 0 unspecified atom stereocenters. The fourth-order valence-electron chi connectivity index (χ4n) is 2.41. The van der Waals surface area contributed by atoms with Gasteiger partial charge in [-0.2, -0.15) is 5.10 Å². The fraction of sp³-hybridized carbons (Fsp3) is 0.462. The van der Waals surface area contributed by atoms with Crippen molar-refractivity contribution >= 4 is 34.1 Å². The number of aromatic nitrogens is 5. The highest BCUT2D eigenvalue weighted by molar-refractivity contribution is 7.09. The molecule has 3 rings (SSSR count). The molecular weight excluding hydrogens is 294 g/mol. The summed E-state index contributed by atoms with van der Waals surface area (Å²) in [7, 11) is 1.96. The maximum absolute atomic E-state index is 6.06. The van der Waals surface area contributed by atoms with Crippen molar-refractivity contribution in [2.45, 2.75) is 32.7 Å². The zero-order chi connectivity index (χ0) is 14.3. The molecular formula is C13H16ClN5S. The standard InChI is InChI=1S/C13H16ClN5S/c1-4-9-12-13(18(3)17-9)19(11(5-14)16-12)6-10-8(2)15-7-20-10/h7H,4-6H2,1-3H3. The Balaban J connectivity index is 2.17. The summed E-state index contributed by atoms with van der Waals surface area (Å²) < 4.78 is 4.04. The second kappa shape index (κ2) is 5.18. The van der Waals surface area contributed by atoms with E-state index in [1.54, 1.807) is 11.3 Å². The lowest BCUT2D eigenvalue weighted by atomic mass is 10.3. The highest BCUT2D eigenvalue weighted by Crippen LogP contribution is 2.24. The molecule has 0 aliphatic carbocycles. The number of hydrogen-bond donors (Lipinski definition) is 0. The van der Waals surface area contributed by atoms with Gasteiger partial charge in [-0.05, 0) is 13.3 Å². The van der Waals surface area contributed by atoms with Gasteiger partial charge in [-0.25, -0.2) is 9.97 Å². The molecule has 0 bridgehead atoms. The summed E-state index contributed by atoms with van der Waals surface area (Å²) in [6, 6.07) is 0. The average Bonchev–Trinajstić information content (AvgIpc) is 3.08. The van der Waals surface area contributed by atoms with Crippen LogP contribution in [0.5, 0.6) is 0 Å². The van der Waals surface area contributed by atoms with E-state index >= 15 is 0 Å². The van der Waals surface area contributed by atoms with Gasteiger partial charge in [0.1, 0.15) is 11.3 Å². The molecule has 5 nitrogen and oxygen atoms in total. The first-order valence-corrected chi connectivity index (χ1v) is 7.93. The SMILES string of the molecule is CCc1nn(C)c2c1nc(CCl)n2Cc1scnc1C. The second-order valence-corrected chi connectivity index (χ2v) is 5.91. The van der Waals surface area contributed by atoms with Crippen LogP contribution in [0.2, 0.25) is 0 Å². The molecule has 0 radical (unpaired) electrons. The molecule has 3 aromatic rings. The van der Waals surface area contributed by atoms with Crippen molar-refractivity contribution in [2.75, 3.05) is 0 Å². The molecule has 7 heteroatoms. The van der Waals surface area contributed by atoms with Gasteiger partial charge in [0.25, 0.3) is 0 Å². The molecule has 0 aliphatic heterocycles. The predicted molar refractivity (Wildman–Crippen MR) is 81.4 cm³/mol. The first-order valence-electron chi connectivity index (χ1n) is 6.51. The number of aryl methyl sites for hydroxylation is 3. The first-order chi connectivity index (χ1) is 9.65. The van der Waals surface area contributed by atoms with Crippen LogP contribution < -0.4 is 0 Å². The van der Waals surface area contributed by atoms with Crippen molar-refractivity contribution in [1.82, 2.24) is 24.3 Å². The van der Waals surface area contributed by atoms with E-state index in [1.807, 2.05) is 24.2 Å². The van der Waals surface area contributed by atoms with Crippen LogP contribution in [0.4, 0.5) is 0 Å². The van der Waals surface area contributed by atoms with Crippen LogP contribution in [0.1, 0.15) is 29.0 Å². The third-order valence-electron chi connectivity index (χ3n) is 3.47. The van der Waals surface area contributed by atoms with Gasteiger partial charge in [-0.15, -0.1) is 22.9 Å². The predicted octanol–water partition coefficient (Wildman–Crippen LogP) is 2.88. The number of alkyl halides is 1. The van der Waals surface area contributed by atoms with Gasteiger partial charge in [-0.3, -0.25) is 4.68 Å². The highest BCUT2D eigenvalue weighted by atomic mass is 35.5. The Kier molecular flexibility index (Phi) is 3.52. The van der Waals surface area contributed by atoms with E-state index in [4.69, 9.17) is 11.6 Å². The lowest BCUT2D eigenvalue weighted by molar-refractivity contribution is 0.700. The summed E-state index contributed by atoms with van der Waals surface area (Å²) >= 11 is 7.72. The molecule has 0 atom stereocenters. The fourth-order valence-corrected chi connectivity index (χ4v) is 3.38. The van der Waals surface area contributed by atoms with Crippen molar-refractivity contribution in [3.05, 3.63) is 27.6 Å². The quantitative estimate of drug-likeness (QED) is 0.696. The summed E-state index contributed by atoms with van der Waals surface area (Å²) in [5.74, 6) is 1.28. The molecule has 20 heavy (non-hydrogen) atoms. The van der Waals surface area contributed by atoms with Crippen molar-refractivity contribution in [1.29, 1.82) is 0 Å². The number of imidazole rings is 1. The van der Waals surface area contributed by atoms with Gasteiger partial charge in [0.05, 0.1) is 29.3 Å². The summed E-state index contributed by atoms with van der Waals surface area (Å²) in [5.41, 5.74) is 5.96. The van der Waals surface area contributed by atoms with Gasteiger partial charge >= 0.3 is 0 Å². The molecule has 0 aromatic carbocycles. The van der Waals surface area contributed by atoms with Crippen molar-refractivity contribution in [3.63, 3.8) is 0 Å².